The maximum atomic E-state index is 12.7. The highest BCUT2D eigenvalue weighted by molar-refractivity contribution is 7.13. The summed E-state index contributed by atoms with van der Waals surface area (Å²) in [6, 6.07) is 5.11. The van der Waals surface area contributed by atoms with Gasteiger partial charge in [0.05, 0.1) is 24.5 Å². The maximum absolute atomic E-state index is 12.7. The number of aromatic nitrogens is 1. The number of carbonyl (C=O) groups excluding carboxylic acids is 1. The number of hydrogen-bond donors (Lipinski definition) is 0. The Bertz CT molecular complexity index is 855. The van der Waals surface area contributed by atoms with Crippen LogP contribution in [0.15, 0.2) is 29.6 Å². The lowest BCUT2D eigenvalue weighted by atomic mass is 9.95. The number of hydrogen-bond acceptors (Lipinski definition) is 5. The molecule has 2 saturated heterocycles. The average molecular weight is 440 g/mol. The van der Waals surface area contributed by atoms with Gasteiger partial charge in [-0.3, -0.25) is 9.69 Å². The Balaban J connectivity index is 1.30. The van der Waals surface area contributed by atoms with Gasteiger partial charge in [0, 0.05) is 36.5 Å². The van der Waals surface area contributed by atoms with Gasteiger partial charge in [-0.25, -0.2) is 4.98 Å². The summed E-state index contributed by atoms with van der Waals surface area (Å²) in [4.78, 5) is 21.4. The van der Waals surface area contributed by atoms with Crippen molar-refractivity contribution in [2.45, 2.75) is 25.6 Å². The molecule has 1 aromatic carbocycles. The number of morpholine rings is 1. The predicted octanol–water partition coefficient (Wildman–Crippen LogP) is 3.90. The third kappa shape index (κ3) is 5.01. The third-order valence-electron chi connectivity index (χ3n) is 5.66. The smallest absolute Gasteiger partial charge is 0.378 e. The van der Waals surface area contributed by atoms with Crippen LogP contribution in [0.25, 0.3) is 10.6 Å². The lowest BCUT2D eigenvalue weighted by Crippen LogP contribution is -2.46. The molecule has 0 aliphatic carbocycles. The van der Waals surface area contributed by atoms with Crippen LogP contribution in [0.2, 0.25) is 0 Å². The largest absolute Gasteiger partial charge is 0.416 e. The van der Waals surface area contributed by atoms with Crippen LogP contribution in [0.4, 0.5) is 13.2 Å². The van der Waals surface area contributed by atoms with E-state index in [1.807, 2.05) is 10.3 Å². The van der Waals surface area contributed by atoms with Gasteiger partial charge >= 0.3 is 6.18 Å². The fourth-order valence-electron chi connectivity index (χ4n) is 3.92. The van der Waals surface area contributed by atoms with Crippen molar-refractivity contribution in [3.8, 4) is 10.6 Å². The van der Waals surface area contributed by atoms with Crippen molar-refractivity contribution in [1.29, 1.82) is 0 Å². The molecular weight excluding hydrogens is 415 g/mol. The molecule has 3 heterocycles. The van der Waals surface area contributed by atoms with Gasteiger partial charge in [0.2, 0.25) is 5.91 Å². The van der Waals surface area contributed by atoms with Crippen LogP contribution < -0.4 is 0 Å². The second-order valence-corrected chi connectivity index (χ2v) is 8.57. The third-order valence-corrected chi connectivity index (χ3v) is 6.60. The van der Waals surface area contributed by atoms with Crippen molar-refractivity contribution >= 4 is 17.2 Å². The van der Waals surface area contributed by atoms with Gasteiger partial charge in [-0.2, -0.15) is 13.2 Å². The van der Waals surface area contributed by atoms with Crippen LogP contribution in [0.3, 0.4) is 0 Å². The highest BCUT2D eigenvalue weighted by Crippen LogP contribution is 2.32. The second-order valence-electron chi connectivity index (χ2n) is 7.71. The van der Waals surface area contributed by atoms with Crippen LogP contribution in [0.5, 0.6) is 0 Å². The topological polar surface area (TPSA) is 45.7 Å². The van der Waals surface area contributed by atoms with Crippen LogP contribution in [0.1, 0.15) is 24.1 Å². The summed E-state index contributed by atoms with van der Waals surface area (Å²) >= 11 is 1.44. The van der Waals surface area contributed by atoms with Crippen LogP contribution in [-0.4, -0.2) is 60.1 Å². The van der Waals surface area contributed by atoms with E-state index in [4.69, 9.17) is 4.74 Å². The molecule has 5 nitrogen and oxygen atoms in total. The zero-order valence-electron chi connectivity index (χ0n) is 16.5. The van der Waals surface area contributed by atoms with Crippen molar-refractivity contribution in [2.24, 2.45) is 5.92 Å². The van der Waals surface area contributed by atoms with Gasteiger partial charge in [-0.15, -0.1) is 11.3 Å². The molecule has 0 spiro atoms. The molecule has 2 fully saturated rings. The van der Waals surface area contributed by atoms with E-state index >= 15 is 0 Å². The van der Waals surface area contributed by atoms with E-state index in [0.717, 1.165) is 48.8 Å². The molecule has 0 saturated carbocycles. The van der Waals surface area contributed by atoms with Gasteiger partial charge in [0.25, 0.3) is 0 Å². The first-order chi connectivity index (χ1) is 14.4. The van der Waals surface area contributed by atoms with Crippen molar-refractivity contribution in [3.63, 3.8) is 0 Å². The number of ether oxygens (including phenoxy) is 1. The first kappa shape index (κ1) is 21.3. The SMILES string of the molecule is O=C(C1CCN(Cc2csc(-c3ccc(C(F)(F)F)cc3)n2)CC1)N1CCOCC1. The van der Waals surface area contributed by atoms with E-state index in [1.165, 1.54) is 23.5 Å². The van der Waals surface area contributed by atoms with Gasteiger partial charge < -0.3 is 9.64 Å². The average Bonchev–Trinajstić information content (AvgIpc) is 3.22. The summed E-state index contributed by atoms with van der Waals surface area (Å²) in [7, 11) is 0. The molecule has 30 heavy (non-hydrogen) atoms. The minimum absolute atomic E-state index is 0.0810. The molecule has 0 N–H and O–H groups in total. The van der Waals surface area contributed by atoms with Crippen molar-refractivity contribution < 1.29 is 22.7 Å². The summed E-state index contributed by atoms with van der Waals surface area (Å²) in [6.07, 6.45) is -2.65. The number of halogens is 3. The molecular formula is C21H24F3N3O2S. The van der Waals surface area contributed by atoms with Crippen LogP contribution in [-0.2, 0) is 22.3 Å². The maximum Gasteiger partial charge on any atom is 0.416 e. The monoisotopic (exact) mass is 439 g/mol. The first-order valence-electron chi connectivity index (χ1n) is 10.1. The summed E-state index contributed by atoms with van der Waals surface area (Å²) < 4.78 is 43.5. The molecule has 0 atom stereocenters. The molecule has 162 valence electrons. The molecule has 1 amide bonds. The Morgan fingerprint density at radius 1 is 1.10 bits per heavy atom. The second kappa shape index (κ2) is 9.03. The Labute approximate surface area is 177 Å². The van der Waals surface area contributed by atoms with Crippen molar-refractivity contribution in [1.82, 2.24) is 14.8 Å². The number of thiazole rings is 1. The van der Waals surface area contributed by atoms with Crippen LogP contribution >= 0.6 is 11.3 Å². The number of nitrogens with zero attached hydrogens (tertiary/aromatic N) is 3. The summed E-state index contributed by atoms with van der Waals surface area (Å²) in [5, 5.41) is 2.67. The summed E-state index contributed by atoms with van der Waals surface area (Å²) in [6.45, 7) is 4.98. The number of rotatable bonds is 4. The summed E-state index contributed by atoms with van der Waals surface area (Å²) in [5.41, 5.74) is 0.944. The van der Waals surface area contributed by atoms with Gasteiger partial charge in [0.15, 0.2) is 0 Å². The Hall–Kier alpha value is -1.97. The molecule has 1 aromatic heterocycles. The molecule has 0 unspecified atom stereocenters. The Morgan fingerprint density at radius 3 is 2.40 bits per heavy atom. The first-order valence-corrected chi connectivity index (χ1v) is 11.0. The predicted molar refractivity (Wildman–Crippen MR) is 108 cm³/mol. The van der Waals surface area contributed by atoms with Gasteiger partial charge in [-0.05, 0) is 38.1 Å². The standard InChI is InChI=1S/C21H24F3N3O2S/c22-21(23,24)17-3-1-15(2-4-17)19-25-18(14-30-19)13-26-7-5-16(6-8-26)20(28)27-9-11-29-12-10-27/h1-4,14,16H,5-13H2. The number of likely N-dealkylation sites (tertiary alicyclic amines) is 1. The van der Waals surface area contributed by atoms with E-state index in [9.17, 15) is 18.0 Å². The number of alkyl halides is 3. The quantitative estimate of drug-likeness (QED) is 0.725. The lowest BCUT2D eigenvalue weighted by molar-refractivity contribution is -0.141. The molecule has 2 aromatic rings. The Morgan fingerprint density at radius 2 is 1.77 bits per heavy atom. The minimum Gasteiger partial charge on any atom is -0.378 e. The molecule has 0 radical (unpaired) electrons. The zero-order valence-corrected chi connectivity index (χ0v) is 17.3. The highest BCUT2D eigenvalue weighted by Gasteiger charge is 2.31. The number of carbonyl (C=O) groups is 1. The molecule has 2 aliphatic rings. The Kier molecular flexibility index (Phi) is 6.40. The van der Waals surface area contributed by atoms with Crippen molar-refractivity contribution in [3.05, 3.63) is 40.9 Å². The van der Waals surface area contributed by atoms with Gasteiger partial charge in [-0.1, -0.05) is 12.1 Å². The fourth-order valence-corrected chi connectivity index (χ4v) is 4.74. The van der Waals surface area contributed by atoms with Crippen molar-refractivity contribution in [2.75, 3.05) is 39.4 Å². The zero-order chi connectivity index (χ0) is 21.1. The van der Waals surface area contributed by atoms with E-state index in [-0.39, 0.29) is 11.8 Å². The molecule has 2 aliphatic heterocycles. The normalized spacial score (nSPS) is 19.2. The number of piperidine rings is 1. The molecule has 9 heteroatoms. The number of benzene rings is 1. The van der Waals surface area contributed by atoms with E-state index in [0.29, 0.717) is 38.4 Å². The van der Waals surface area contributed by atoms with Gasteiger partial charge in [0.1, 0.15) is 5.01 Å². The number of amides is 1. The molecule has 0 bridgehead atoms. The lowest BCUT2D eigenvalue weighted by Gasteiger charge is -2.35. The highest BCUT2D eigenvalue weighted by atomic mass is 32.1. The van der Waals surface area contributed by atoms with E-state index in [1.54, 1.807) is 0 Å². The fraction of sp³-hybridized carbons (Fsp3) is 0.524. The van der Waals surface area contributed by atoms with E-state index < -0.39 is 11.7 Å². The summed E-state index contributed by atoms with van der Waals surface area (Å²) in [5.74, 6) is 0.327. The molecule has 4 rings (SSSR count). The minimum atomic E-state index is -4.33. The van der Waals surface area contributed by atoms with Crippen LogP contribution in [0, 0.1) is 5.92 Å². The van der Waals surface area contributed by atoms with E-state index in [2.05, 4.69) is 9.88 Å².